The highest BCUT2D eigenvalue weighted by Crippen LogP contribution is 2.39. The van der Waals surface area contributed by atoms with Crippen LogP contribution in [-0.2, 0) is 0 Å². The molecule has 22 heavy (non-hydrogen) atoms. The van der Waals surface area contributed by atoms with E-state index in [2.05, 4.69) is 0 Å². The minimum atomic E-state index is -0.199. The molecule has 112 valence electrons. The standard InChI is InChI=1S/C18H16O4/c1-3-21-14-10-9-13-15(18(14)22-4-2)17(20)12-8-6-5-7-11(12)16(13)19/h5-10H,3-4H2,1-2H3. The molecule has 0 fully saturated rings. The number of hydrogen-bond donors (Lipinski definition) is 0. The summed E-state index contributed by atoms with van der Waals surface area (Å²) in [6.07, 6.45) is 0. The number of fused-ring (bicyclic) bond motifs is 2. The molecule has 0 unspecified atom stereocenters. The van der Waals surface area contributed by atoms with Gasteiger partial charge in [-0.15, -0.1) is 0 Å². The fourth-order valence-electron chi connectivity index (χ4n) is 2.69. The first-order chi connectivity index (χ1) is 10.7. The summed E-state index contributed by atoms with van der Waals surface area (Å²) in [6.45, 7) is 4.53. The second-order valence-corrected chi connectivity index (χ2v) is 4.89. The average molecular weight is 296 g/mol. The first-order valence-electron chi connectivity index (χ1n) is 7.30. The summed E-state index contributed by atoms with van der Waals surface area (Å²) < 4.78 is 11.2. The molecule has 2 aromatic carbocycles. The molecule has 0 amide bonds. The van der Waals surface area contributed by atoms with Gasteiger partial charge in [-0.25, -0.2) is 0 Å². The maximum absolute atomic E-state index is 12.8. The van der Waals surface area contributed by atoms with Crippen LogP contribution < -0.4 is 9.47 Å². The highest BCUT2D eigenvalue weighted by Gasteiger charge is 2.33. The summed E-state index contributed by atoms with van der Waals surface area (Å²) in [7, 11) is 0. The first kappa shape index (κ1) is 14.3. The zero-order valence-corrected chi connectivity index (χ0v) is 12.5. The quantitative estimate of drug-likeness (QED) is 0.741. The Hall–Kier alpha value is -2.62. The third-order valence-corrected chi connectivity index (χ3v) is 3.60. The van der Waals surface area contributed by atoms with Crippen molar-refractivity contribution < 1.29 is 19.1 Å². The van der Waals surface area contributed by atoms with E-state index in [0.29, 0.717) is 47.0 Å². The minimum Gasteiger partial charge on any atom is -0.490 e. The molecule has 0 atom stereocenters. The van der Waals surface area contributed by atoms with Crippen molar-refractivity contribution in [2.75, 3.05) is 13.2 Å². The van der Waals surface area contributed by atoms with Crippen molar-refractivity contribution in [1.29, 1.82) is 0 Å². The zero-order valence-electron chi connectivity index (χ0n) is 12.5. The van der Waals surface area contributed by atoms with Gasteiger partial charge < -0.3 is 9.47 Å². The lowest BCUT2D eigenvalue weighted by atomic mass is 9.83. The van der Waals surface area contributed by atoms with Crippen LogP contribution in [0.25, 0.3) is 0 Å². The number of hydrogen-bond acceptors (Lipinski definition) is 4. The van der Waals surface area contributed by atoms with Crippen molar-refractivity contribution in [2.24, 2.45) is 0 Å². The van der Waals surface area contributed by atoms with Crippen LogP contribution in [0, 0.1) is 0 Å². The first-order valence-corrected chi connectivity index (χ1v) is 7.30. The molecule has 0 bridgehead atoms. The third-order valence-electron chi connectivity index (χ3n) is 3.60. The van der Waals surface area contributed by atoms with Gasteiger partial charge in [-0.05, 0) is 26.0 Å². The number of benzene rings is 2. The van der Waals surface area contributed by atoms with Crippen LogP contribution in [0.1, 0.15) is 45.7 Å². The lowest BCUT2D eigenvalue weighted by molar-refractivity contribution is 0.0975. The second kappa shape index (κ2) is 5.64. The van der Waals surface area contributed by atoms with Crippen molar-refractivity contribution in [3.05, 3.63) is 58.7 Å². The Balaban J connectivity index is 2.25. The van der Waals surface area contributed by atoms with E-state index < -0.39 is 0 Å². The molecule has 0 spiro atoms. The highest BCUT2D eigenvalue weighted by atomic mass is 16.5. The van der Waals surface area contributed by atoms with E-state index in [1.54, 1.807) is 36.4 Å². The summed E-state index contributed by atoms with van der Waals surface area (Å²) in [5.74, 6) is 0.489. The molecule has 0 saturated carbocycles. The fourth-order valence-corrected chi connectivity index (χ4v) is 2.69. The van der Waals surface area contributed by atoms with Gasteiger partial charge in [-0.1, -0.05) is 24.3 Å². The van der Waals surface area contributed by atoms with E-state index in [-0.39, 0.29) is 11.6 Å². The van der Waals surface area contributed by atoms with Crippen LogP contribution in [0.2, 0.25) is 0 Å². The monoisotopic (exact) mass is 296 g/mol. The number of ketones is 2. The second-order valence-electron chi connectivity index (χ2n) is 4.89. The van der Waals surface area contributed by atoms with Crippen LogP contribution in [0.4, 0.5) is 0 Å². The fraction of sp³-hybridized carbons (Fsp3) is 0.222. The molecule has 0 heterocycles. The third kappa shape index (κ3) is 2.08. The molecule has 0 radical (unpaired) electrons. The number of carbonyl (C=O) groups is 2. The van der Waals surface area contributed by atoms with Crippen LogP contribution in [0.5, 0.6) is 11.5 Å². The van der Waals surface area contributed by atoms with Gasteiger partial charge in [0.25, 0.3) is 0 Å². The number of rotatable bonds is 4. The van der Waals surface area contributed by atoms with Gasteiger partial charge in [0.15, 0.2) is 23.1 Å². The molecular weight excluding hydrogens is 280 g/mol. The molecule has 0 saturated heterocycles. The van der Waals surface area contributed by atoms with E-state index in [0.717, 1.165) is 0 Å². The van der Waals surface area contributed by atoms with E-state index in [1.165, 1.54) is 0 Å². The van der Waals surface area contributed by atoms with Gasteiger partial charge in [-0.2, -0.15) is 0 Å². The Morgan fingerprint density at radius 3 is 2.05 bits per heavy atom. The summed E-state index contributed by atoms with van der Waals surface area (Å²) >= 11 is 0. The van der Waals surface area contributed by atoms with Gasteiger partial charge in [0.05, 0.1) is 18.8 Å². The SMILES string of the molecule is CCOc1ccc2c(c1OCC)C(=O)c1ccccc1C2=O. The van der Waals surface area contributed by atoms with Gasteiger partial charge in [0.2, 0.25) is 0 Å². The maximum atomic E-state index is 12.8. The predicted octanol–water partition coefficient (Wildman–Crippen LogP) is 3.26. The van der Waals surface area contributed by atoms with Gasteiger partial charge in [-0.3, -0.25) is 9.59 Å². The molecule has 1 aliphatic rings. The average Bonchev–Trinajstić information content (AvgIpc) is 2.54. The molecule has 0 aromatic heterocycles. The topological polar surface area (TPSA) is 52.6 Å². The Labute approximate surface area is 128 Å². The molecule has 4 nitrogen and oxygen atoms in total. The van der Waals surface area contributed by atoms with Crippen LogP contribution in [0.15, 0.2) is 36.4 Å². The predicted molar refractivity (Wildman–Crippen MR) is 82.1 cm³/mol. The van der Waals surface area contributed by atoms with Crippen LogP contribution >= 0.6 is 0 Å². The van der Waals surface area contributed by atoms with Crippen molar-refractivity contribution in [3.63, 3.8) is 0 Å². The smallest absolute Gasteiger partial charge is 0.198 e. The van der Waals surface area contributed by atoms with Crippen molar-refractivity contribution >= 4 is 11.6 Å². The lowest BCUT2D eigenvalue weighted by Crippen LogP contribution is -2.22. The lowest BCUT2D eigenvalue weighted by Gasteiger charge is -2.21. The van der Waals surface area contributed by atoms with Crippen LogP contribution in [0.3, 0.4) is 0 Å². The number of ether oxygens (including phenoxy) is 2. The summed E-state index contributed by atoms with van der Waals surface area (Å²) in [5.41, 5.74) is 1.52. The number of carbonyl (C=O) groups excluding carboxylic acids is 2. The molecule has 1 aliphatic carbocycles. The maximum Gasteiger partial charge on any atom is 0.198 e. The van der Waals surface area contributed by atoms with E-state index in [4.69, 9.17) is 9.47 Å². The Bertz CT molecular complexity index is 762. The Kier molecular flexibility index (Phi) is 3.67. The Morgan fingerprint density at radius 2 is 1.41 bits per heavy atom. The zero-order chi connectivity index (χ0) is 15.7. The molecule has 0 aliphatic heterocycles. The van der Waals surface area contributed by atoms with Crippen molar-refractivity contribution in [3.8, 4) is 11.5 Å². The molecule has 0 N–H and O–H groups in total. The summed E-state index contributed by atoms with van der Waals surface area (Å²) in [6, 6.07) is 10.2. The Morgan fingerprint density at radius 1 is 0.773 bits per heavy atom. The van der Waals surface area contributed by atoms with E-state index >= 15 is 0 Å². The summed E-state index contributed by atoms with van der Waals surface area (Å²) in [5, 5.41) is 0. The van der Waals surface area contributed by atoms with Crippen molar-refractivity contribution in [1.82, 2.24) is 0 Å². The van der Waals surface area contributed by atoms with Crippen LogP contribution in [-0.4, -0.2) is 24.8 Å². The van der Waals surface area contributed by atoms with Gasteiger partial charge in [0, 0.05) is 16.7 Å². The largest absolute Gasteiger partial charge is 0.490 e. The van der Waals surface area contributed by atoms with Gasteiger partial charge >= 0.3 is 0 Å². The molecule has 3 rings (SSSR count). The minimum absolute atomic E-state index is 0.158. The van der Waals surface area contributed by atoms with Crippen molar-refractivity contribution in [2.45, 2.75) is 13.8 Å². The normalized spacial score (nSPS) is 12.6. The molecule has 4 heteroatoms. The molecule has 2 aromatic rings. The van der Waals surface area contributed by atoms with E-state index in [9.17, 15) is 9.59 Å². The van der Waals surface area contributed by atoms with Gasteiger partial charge in [0.1, 0.15) is 0 Å². The molecular formula is C18H16O4. The highest BCUT2D eigenvalue weighted by molar-refractivity contribution is 6.29. The summed E-state index contributed by atoms with van der Waals surface area (Å²) in [4.78, 5) is 25.4. The van der Waals surface area contributed by atoms with E-state index in [1.807, 2.05) is 13.8 Å².